The SMILES string of the molecule is COc1cc(OC)cc(OCc2cccc([C@H]3CCN(C(=O)OC(C)(C)C)C[C@@H]3C(=O)N(Cc3cccc(C)c3C)C3CC3)c2)c1. The van der Waals surface area contributed by atoms with E-state index in [-0.39, 0.29) is 24.0 Å². The minimum absolute atomic E-state index is 0.0529. The quantitative estimate of drug-likeness (QED) is 0.232. The van der Waals surface area contributed by atoms with E-state index in [2.05, 4.69) is 49.1 Å². The first-order chi connectivity index (χ1) is 22.0. The van der Waals surface area contributed by atoms with Gasteiger partial charge < -0.3 is 28.7 Å². The number of likely N-dealkylation sites (tertiary alicyclic amines) is 1. The second-order valence-corrected chi connectivity index (χ2v) is 13.6. The van der Waals surface area contributed by atoms with Gasteiger partial charge in [-0.05, 0) is 87.6 Å². The molecule has 1 saturated carbocycles. The van der Waals surface area contributed by atoms with Crippen LogP contribution in [0.4, 0.5) is 4.79 Å². The van der Waals surface area contributed by atoms with E-state index in [0.29, 0.717) is 49.9 Å². The van der Waals surface area contributed by atoms with Crippen LogP contribution in [0.2, 0.25) is 0 Å². The van der Waals surface area contributed by atoms with Gasteiger partial charge in [-0.3, -0.25) is 4.79 Å². The van der Waals surface area contributed by atoms with Crippen molar-refractivity contribution in [1.29, 1.82) is 0 Å². The molecule has 0 unspecified atom stereocenters. The van der Waals surface area contributed by atoms with Crippen molar-refractivity contribution in [3.8, 4) is 17.2 Å². The Balaban J connectivity index is 1.41. The topological polar surface area (TPSA) is 77.5 Å². The van der Waals surface area contributed by atoms with Crippen LogP contribution < -0.4 is 14.2 Å². The third kappa shape index (κ3) is 8.14. The predicted molar refractivity (Wildman–Crippen MR) is 178 cm³/mol. The Bertz CT molecular complexity index is 1520. The lowest BCUT2D eigenvalue weighted by atomic mass is 9.79. The Morgan fingerprint density at radius 1 is 0.891 bits per heavy atom. The van der Waals surface area contributed by atoms with E-state index in [0.717, 1.165) is 24.0 Å². The summed E-state index contributed by atoms with van der Waals surface area (Å²) in [6.07, 6.45) is 2.30. The summed E-state index contributed by atoms with van der Waals surface area (Å²) in [5.41, 5.74) is 5.07. The average Bonchev–Trinajstić information content (AvgIpc) is 3.88. The van der Waals surface area contributed by atoms with Crippen LogP contribution in [0.5, 0.6) is 17.2 Å². The summed E-state index contributed by atoms with van der Waals surface area (Å²) in [6.45, 7) is 11.6. The van der Waals surface area contributed by atoms with Gasteiger partial charge >= 0.3 is 6.09 Å². The van der Waals surface area contributed by atoms with Crippen LogP contribution in [0, 0.1) is 19.8 Å². The summed E-state index contributed by atoms with van der Waals surface area (Å²) in [7, 11) is 3.22. The molecule has 8 heteroatoms. The zero-order valence-corrected chi connectivity index (χ0v) is 28.3. The van der Waals surface area contributed by atoms with Gasteiger partial charge in [-0.2, -0.15) is 0 Å². The highest BCUT2D eigenvalue weighted by Crippen LogP contribution is 2.39. The molecule has 1 heterocycles. The first kappa shape index (κ1) is 33.2. The predicted octanol–water partition coefficient (Wildman–Crippen LogP) is 7.43. The van der Waals surface area contributed by atoms with E-state index in [4.69, 9.17) is 18.9 Å². The Labute approximate surface area is 273 Å². The molecule has 1 aliphatic carbocycles. The molecule has 0 radical (unpaired) electrons. The number of aryl methyl sites for hydroxylation is 1. The molecule has 3 aromatic rings. The van der Waals surface area contributed by atoms with Gasteiger partial charge in [-0.15, -0.1) is 0 Å². The molecular weight excluding hydrogens is 580 g/mol. The van der Waals surface area contributed by atoms with Gasteiger partial charge in [0.2, 0.25) is 5.91 Å². The number of nitrogens with zero attached hydrogens (tertiary/aromatic N) is 2. The van der Waals surface area contributed by atoms with E-state index < -0.39 is 11.5 Å². The van der Waals surface area contributed by atoms with Crippen LogP contribution >= 0.6 is 0 Å². The minimum atomic E-state index is -0.614. The van der Waals surface area contributed by atoms with Gasteiger partial charge in [-0.25, -0.2) is 4.79 Å². The van der Waals surface area contributed by atoms with Crippen LogP contribution in [0.1, 0.15) is 73.8 Å². The number of amides is 2. The summed E-state index contributed by atoms with van der Waals surface area (Å²) < 4.78 is 22.7. The minimum Gasteiger partial charge on any atom is -0.496 e. The van der Waals surface area contributed by atoms with Crippen molar-refractivity contribution in [2.24, 2.45) is 5.92 Å². The molecule has 2 fully saturated rings. The maximum atomic E-state index is 14.6. The van der Waals surface area contributed by atoms with Crippen LogP contribution in [0.25, 0.3) is 0 Å². The molecule has 2 atom stereocenters. The van der Waals surface area contributed by atoms with Crippen LogP contribution in [0.3, 0.4) is 0 Å². The second kappa shape index (κ2) is 14.1. The van der Waals surface area contributed by atoms with Gasteiger partial charge in [0, 0.05) is 43.9 Å². The number of piperidine rings is 1. The highest BCUT2D eigenvalue weighted by molar-refractivity contribution is 5.82. The number of ether oxygens (including phenoxy) is 4. The molecule has 246 valence electrons. The highest BCUT2D eigenvalue weighted by Gasteiger charge is 2.43. The average molecular weight is 629 g/mol. The third-order valence-corrected chi connectivity index (χ3v) is 9.02. The van der Waals surface area contributed by atoms with Crippen molar-refractivity contribution in [3.63, 3.8) is 0 Å². The fourth-order valence-corrected chi connectivity index (χ4v) is 6.19. The van der Waals surface area contributed by atoms with E-state index >= 15 is 0 Å². The van der Waals surface area contributed by atoms with E-state index in [1.165, 1.54) is 16.7 Å². The molecule has 3 aromatic carbocycles. The Hall–Kier alpha value is -4.20. The molecule has 0 N–H and O–H groups in total. The fraction of sp³-hybridized carbons (Fsp3) is 0.474. The van der Waals surface area contributed by atoms with Crippen molar-refractivity contribution in [2.45, 2.75) is 84.6 Å². The molecule has 5 rings (SSSR count). The zero-order valence-electron chi connectivity index (χ0n) is 28.3. The number of carbonyl (C=O) groups excluding carboxylic acids is 2. The van der Waals surface area contributed by atoms with Crippen LogP contribution in [0.15, 0.2) is 60.7 Å². The fourth-order valence-electron chi connectivity index (χ4n) is 6.19. The largest absolute Gasteiger partial charge is 0.496 e. The molecule has 8 nitrogen and oxygen atoms in total. The second-order valence-electron chi connectivity index (χ2n) is 13.6. The number of hydrogen-bond donors (Lipinski definition) is 0. The highest BCUT2D eigenvalue weighted by atomic mass is 16.6. The smallest absolute Gasteiger partial charge is 0.410 e. The van der Waals surface area contributed by atoms with Gasteiger partial charge in [0.05, 0.1) is 20.1 Å². The molecule has 2 amide bonds. The molecule has 0 bridgehead atoms. The third-order valence-electron chi connectivity index (χ3n) is 9.02. The van der Waals surface area contributed by atoms with Gasteiger partial charge in [0.25, 0.3) is 0 Å². The van der Waals surface area contributed by atoms with Crippen LogP contribution in [-0.2, 0) is 22.7 Å². The first-order valence-electron chi connectivity index (χ1n) is 16.2. The van der Waals surface area contributed by atoms with Crippen molar-refractivity contribution in [3.05, 3.63) is 88.5 Å². The molecule has 1 aliphatic heterocycles. The Morgan fingerprint density at radius 2 is 1.57 bits per heavy atom. The van der Waals surface area contributed by atoms with Crippen molar-refractivity contribution >= 4 is 12.0 Å². The number of hydrogen-bond acceptors (Lipinski definition) is 6. The lowest BCUT2D eigenvalue weighted by Gasteiger charge is -2.40. The number of carbonyl (C=O) groups is 2. The monoisotopic (exact) mass is 628 g/mol. The van der Waals surface area contributed by atoms with E-state index in [1.807, 2.05) is 45.0 Å². The summed E-state index contributed by atoms with van der Waals surface area (Å²) in [5, 5.41) is 0. The summed E-state index contributed by atoms with van der Waals surface area (Å²) >= 11 is 0. The van der Waals surface area contributed by atoms with E-state index in [9.17, 15) is 9.59 Å². The maximum Gasteiger partial charge on any atom is 0.410 e. The standard InChI is InChI=1S/C38H48N2O6/c1-25-10-8-13-29(26(25)2)22-40(30-14-15-30)36(41)35-23-39(37(42)46-38(3,4)5)17-16-34(35)28-12-9-11-27(18-28)24-45-33-20-31(43-6)19-32(21-33)44-7/h8-13,18-21,30,34-35H,14-17,22-24H2,1-7H3/t34-,35+/m1/s1. The molecule has 46 heavy (non-hydrogen) atoms. The van der Waals surface area contributed by atoms with Crippen molar-refractivity contribution in [1.82, 2.24) is 9.80 Å². The van der Waals surface area contributed by atoms with Gasteiger partial charge in [-0.1, -0.05) is 42.5 Å². The maximum absolute atomic E-state index is 14.6. The van der Waals surface area contributed by atoms with E-state index in [1.54, 1.807) is 25.2 Å². The molecular formula is C38H48N2O6. The lowest BCUT2D eigenvalue weighted by molar-refractivity contribution is -0.139. The summed E-state index contributed by atoms with van der Waals surface area (Å²) in [6, 6.07) is 20.3. The van der Waals surface area contributed by atoms with Crippen LogP contribution in [-0.4, -0.2) is 60.8 Å². The molecule has 2 aliphatic rings. The zero-order chi connectivity index (χ0) is 33.0. The lowest BCUT2D eigenvalue weighted by Crippen LogP contribution is -2.51. The molecule has 0 spiro atoms. The first-order valence-corrected chi connectivity index (χ1v) is 16.2. The van der Waals surface area contributed by atoms with Crippen molar-refractivity contribution < 1.29 is 28.5 Å². The normalized spacial score (nSPS) is 18.1. The summed E-state index contributed by atoms with van der Waals surface area (Å²) in [5.74, 6) is 1.61. The number of benzene rings is 3. The number of rotatable bonds is 10. The van der Waals surface area contributed by atoms with Gasteiger partial charge in [0.1, 0.15) is 29.5 Å². The summed E-state index contributed by atoms with van der Waals surface area (Å²) in [4.78, 5) is 31.6. The molecule has 0 aromatic heterocycles. The number of methoxy groups -OCH3 is 2. The van der Waals surface area contributed by atoms with Crippen molar-refractivity contribution in [2.75, 3.05) is 27.3 Å². The van der Waals surface area contributed by atoms with Gasteiger partial charge in [0.15, 0.2) is 0 Å². The Morgan fingerprint density at radius 3 is 2.22 bits per heavy atom. The Kier molecular flexibility index (Phi) is 10.1. The molecule has 1 saturated heterocycles.